The summed E-state index contributed by atoms with van der Waals surface area (Å²) in [4.78, 5) is 8.36. The van der Waals surface area contributed by atoms with Crippen molar-refractivity contribution in [2.24, 2.45) is 0 Å². The van der Waals surface area contributed by atoms with Crippen LogP contribution >= 0.6 is 11.6 Å². The number of halogens is 1. The van der Waals surface area contributed by atoms with Gasteiger partial charge in [-0.3, -0.25) is 0 Å². The second kappa shape index (κ2) is 4.93. The normalized spacial score (nSPS) is 16.6. The second-order valence-electron chi connectivity index (χ2n) is 4.19. The molecule has 1 unspecified atom stereocenters. The second-order valence-corrected chi connectivity index (χ2v) is 4.59. The number of hydrogen-bond acceptors (Lipinski definition) is 5. The van der Waals surface area contributed by atoms with Crippen molar-refractivity contribution >= 4 is 23.4 Å². The predicted octanol–water partition coefficient (Wildman–Crippen LogP) is 2.72. The van der Waals surface area contributed by atoms with Crippen LogP contribution in [0.2, 0.25) is 5.02 Å². The molecule has 1 aliphatic heterocycles. The van der Waals surface area contributed by atoms with E-state index >= 15 is 0 Å². The molecule has 1 aromatic carbocycles. The van der Waals surface area contributed by atoms with Crippen LogP contribution in [0.1, 0.15) is 11.6 Å². The number of anilines is 2. The highest BCUT2D eigenvalue weighted by Gasteiger charge is 2.24. The number of nitrogens with zero attached hydrogens (tertiary/aromatic N) is 2. The Labute approximate surface area is 116 Å². The van der Waals surface area contributed by atoms with Gasteiger partial charge in [0.05, 0.1) is 12.2 Å². The fourth-order valence-electron chi connectivity index (χ4n) is 2.04. The first-order chi connectivity index (χ1) is 9.28. The van der Waals surface area contributed by atoms with E-state index in [1.807, 2.05) is 24.3 Å². The molecule has 0 saturated carbocycles. The lowest BCUT2D eigenvalue weighted by Crippen LogP contribution is -2.14. The van der Waals surface area contributed by atoms with Gasteiger partial charge in [-0.2, -0.15) is 4.98 Å². The van der Waals surface area contributed by atoms with Gasteiger partial charge in [-0.1, -0.05) is 29.8 Å². The highest BCUT2D eigenvalue weighted by Crippen LogP contribution is 2.35. The number of nitrogens with one attached hydrogen (secondary N) is 2. The van der Waals surface area contributed by atoms with Crippen molar-refractivity contribution in [1.82, 2.24) is 9.97 Å². The summed E-state index contributed by atoms with van der Waals surface area (Å²) in [5.41, 5.74) is 1.11. The van der Waals surface area contributed by atoms with Crippen LogP contribution in [0.25, 0.3) is 0 Å². The summed E-state index contributed by atoms with van der Waals surface area (Å²) in [5.74, 6) is 2.03. The van der Waals surface area contributed by atoms with Crippen LogP contribution in [0.5, 0.6) is 5.75 Å². The zero-order chi connectivity index (χ0) is 13.2. The van der Waals surface area contributed by atoms with Gasteiger partial charge in [-0.25, -0.2) is 4.98 Å². The van der Waals surface area contributed by atoms with Crippen LogP contribution in [-0.2, 0) is 0 Å². The van der Waals surface area contributed by atoms with Crippen LogP contribution in [0, 0.1) is 0 Å². The van der Waals surface area contributed by atoms with Crippen LogP contribution in [-0.4, -0.2) is 23.6 Å². The van der Waals surface area contributed by atoms with Crippen molar-refractivity contribution in [1.29, 1.82) is 0 Å². The van der Waals surface area contributed by atoms with E-state index < -0.39 is 0 Å². The Hall–Kier alpha value is -2.01. The molecule has 2 N–H and O–H groups in total. The molecule has 1 atom stereocenters. The standard InChI is InChI=1S/C13H13ClN4O/c1-15-13-16-6-9(14)12(18-13)17-10-7-19-11-5-3-2-4-8(10)11/h2-6,10H,7H2,1H3,(H2,15,16,17,18). The average molecular weight is 277 g/mol. The SMILES string of the molecule is CNc1ncc(Cl)c(NC2COc3ccccc32)n1. The minimum atomic E-state index is 0.0494. The predicted molar refractivity (Wildman–Crippen MR) is 74.9 cm³/mol. The van der Waals surface area contributed by atoms with Gasteiger partial charge >= 0.3 is 0 Å². The minimum absolute atomic E-state index is 0.0494. The lowest BCUT2D eigenvalue weighted by molar-refractivity contribution is 0.339. The van der Waals surface area contributed by atoms with Crippen molar-refractivity contribution in [3.63, 3.8) is 0 Å². The molecule has 19 heavy (non-hydrogen) atoms. The first-order valence-corrected chi connectivity index (χ1v) is 6.34. The maximum absolute atomic E-state index is 6.10. The van der Waals surface area contributed by atoms with Gasteiger partial charge in [0.1, 0.15) is 17.4 Å². The van der Waals surface area contributed by atoms with Gasteiger partial charge in [0, 0.05) is 12.6 Å². The third-order valence-corrected chi connectivity index (χ3v) is 3.26. The summed E-state index contributed by atoms with van der Waals surface area (Å²) in [6, 6.07) is 7.99. The molecule has 0 fully saturated rings. The molecular formula is C13H13ClN4O. The fraction of sp³-hybridized carbons (Fsp3) is 0.231. The Morgan fingerprint density at radius 3 is 3.05 bits per heavy atom. The Morgan fingerprint density at radius 2 is 2.21 bits per heavy atom. The van der Waals surface area contributed by atoms with Gasteiger partial charge in [0.15, 0.2) is 5.82 Å². The van der Waals surface area contributed by atoms with Crippen LogP contribution in [0.3, 0.4) is 0 Å². The Morgan fingerprint density at radius 1 is 1.37 bits per heavy atom. The molecular weight excluding hydrogens is 264 g/mol. The lowest BCUT2D eigenvalue weighted by atomic mass is 10.1. The Balaban J connectivity index is 1.87. The van der Waals surface area contributed by atoms with Crippen molar-refractivity contribution < 1.29 is 4.74 Å². The van der Waals surface area contributed by atoms with Gasteiger partial charge < -0.3 is 15.4 Å². The smallest absolute Gasteiger partial charge is 0.224 e. The molecule has 5 nitrogen and oxygen atoms in total. The van der Waals surface area contributed by atoms with E-state index in [4.69, 9.17) is 16.3 Å². The summed E-state index contributed by atoms with van der Waals surface area (Å²) in [6.07, 6.45) is 1.57. The topological polar surface area (TPSA) is 59.1 Å². The first-order valence-electron chi connectivity index (χ1n) is 5.96. The number of aromatic nitrogens is 2. The highest BCUT2D eigenvalue weighted by molar-refractivity contribution is 6.32. The van der Waals surface area contributed by atoms with Crippen molar-refractivity contribution in [3.8, 4) is 5.75 Å². The largest absolute Gasteiger partial charge is 0.491 e. The molecule has 0 amide bonds. The number of ether oxygens (including phenoxy) is 1. The van der Waals surface area contributed by atoms with Crippen molar-refractivity contribution in [2.45, 2.75) is 6.04 Å². The van der Waals surface area contributed by atoms with E-state index in [1.54, 1.807) is 13.2 Å². The third-order valence-electron chi connectivity index (χ3n) is 2.98. The quantitative estimate of drug-likeness (QED) is 0.903. The number of rotatable bonds is 3. The molecule has 6 heteroatoms. The Kier molecular flexibility index (Phi) is 3.13. The average Bonchev–Trinajstić information content (AvgIpc) is 2.85. The lowest BCUT2D eigenvalue weighted by Gasteiger charge is -2.14. The number of benzene rings is 1. The summed E-state index contributed by atoms with van der Waals surface area (Å²) < 4.78 is 5.62. The van der Waals surface area contributed by atoms with Crippen LogP contribution in [0.15, 0.2) is 30.5 Å². The summed E-state index contributed by atoms with van der Waals surface area (Å²) in [7, 11) is 1.76. The van der Waals surface area contributed by atoms with E-state index in [0.29, 0.717) is 23.4 Å². The van der Waals surface area contributed by atoms with Gasteiger partial charge in [0.25, 0.3) is 0 Å². The molecule has 2 aromatic rings. The zero-order valence-electron chi connectivity index (χ0n) is 10.4. The van der Waals surface area contributed by atoms with E-state index in [0.717, 1.165) is 11.3 Å². The van der Waals surface area contributed by atoms with E-state index in [2.05, 4.69) is 20.6 Å². The molecule has 0 radical (unpaired) electrons. The molecule has 0 aliphatic carbocycles. The van der Waals surface area contributed by atoms with Crippen molar-refractivity contribution in [3.05, 3.63) is 41.0 Å². The number of hydrogen-bond donors (Lipinski definition) is 2. The van der Waals surface area contributed by atoms with Gasteiger partial charge in [0.2, 0.25) is 5.95 Å². The summed E-state index contributed by atoms with van der Waals surface area (Å²) in [6.45, 7) is 0.564. The minimum Gasteiger partial charge on any atom is -0.491 e. The first kappa shape index (κ1) is 12.0. The maximum atomic E-state index is 6.10. The summed E-state index contributed by atoms with van der Waals surface area (Å²) >= 11 is 6.10. The molecule has 0 bridgehead atoms. The number of fused-ring (bicyclic) bond motifs is 1. The molecule has 1 aromatic heterocycles. The van der Waals surface area contributed by atoms with E-state index in [1.165, 1.54) is 0 Å². The van der Waals surface area contributed by atoms with Gasteiger partial charge in [-0.15, -0.1) is 0 Å². The maximum Gasteiger partial charge on any atom is 0.224 e. The molecule has 98 valence electrons. The summed E-state index contributed by atoms with van der Waals surface area (Å²) in [5, 5.41) is 6.67. The monoisotopic (exact) mass is 276 g/mol. The Bertz CT molecular complexity index is 605. The molecule has 3 rings (SSSR count). The zero-order valence-corrected chi connectivity index (χ0v) is 11.1. The van der Waals surface area contributed by atoms with Gasteiger partial charge in [-0.05, 0) is 6.07 Å². The molecule has 2 heterocycles. The highest BCUT2D eigenvalue weighted by atomic mass is 35.5. The van der Waals surface area contributed by atoms with Crippen molar-refractivity contribution in [2.75, 3.05) is 24.3 Å². The fourth-order valence-corrected chi connectivity index (χ4v) is 2.18. The van der Waals surface area contributed by atoms with E-state index in [9.17, 15) is 0 Å². The molecule has 1 aliphatic rings. The molecule has 0 spiro atoms. The molecule has 0 saturated heterocycles. The van der Waals surface area contributed by atoms with Crippen LogP contribution in [0.4, 0.5) is 11.8 Å². The van der Waals surface area contributed by atoms with E-state index in [-0.39, 0.29) is 6.04 Å². The third kappa shape index (κ3) is 2.29. The van der Waals surface area contributed by atoms with Crippen LogP contribution < -0.4 is 15.4 Å². The number of para-hydroxylation sites is 1.